The summed E-state index contributed by atoms with van der Waals surface area (Å²) in [6.07, 6.45) is 1.04. The summed E-state index contributed by atoms with van der Waals surface area (Å²) in [7, 11) is -3.67. The number of aryl methyl sites for hydroxylation is 2. The quantitative estimate of drug-likeness (QED) is 0.788. The molecule has 2 aromatic rings. The Morgan fingerprint density at radius 2 is 1.62 bits per heavy atom. The van der Waals surface area contributed by atoms with Crippen molar-refractivity contribution < 1.29 is 18.0 Å². The van der Waals surface area contributed by atoms with Crippen LogP contribution in [0.4, 0.5) is 11.4 Å². The van der Waals surface area contributed by atoms with E-state index in [2.05, 4.69) is 5.32 Å². The van der Waals surface area contributed by atoms with Crippen LogP contribution in [-0.2, 0) is 14.8 Å². The van der Waals surface area contributed by atoms with E-state index in [4.69, 9.17) is 0 Å². The van der Waals surface area contributed by atoms with Crippen LogP contribution in [0.15, 0.2) is 42.5 Å². The first kappa shape index (κ1) is 19.7. The molecule has 1 N–H and O–H groups in total. The largest absolute Gasteiger partial charge is 0.325 e. The topological polar surface area (TPSA) is 83.6 Å². The Kier molecular flexibility index (Phi) is 5.82. The van der Waals surface area contributed by atoms with Gasteiger partial charge in [0.05, 0.1) is 11.9 Å². The third-order valence-electron chi connectivity index (χ3n) is 4.04. The fraction of sp³-hybridized carbons (Fsp3) is 0.263. The number of amides is 1. The maximum Gasteiger partial charge on any atom is 0.245 e. The third-order valence-corrected chi connectivity index (χ3v) is 5.18. The van der Waals surface area contributed by atoms with E-state index in [1.807, 2.05) is 26.0 Å². The number of anilines is 2. The van der Waals surface area contributed by atoms with Gasteiger partial charge in [-0.05, 0) is 68.3 Å². The highest BCUT2D eigenvalue weighted by atomic mass is 32.2. The van der Waals surface area contributed by atoms with Gasteiger partial charge in [-0.3, -0.25) is 13.9 Å². The molecule has 2 rings (SSSR count). The minimum absolute atomic E-state index is 0.116. The number of nitrogens with one attached hydrogen (secondary N) is 1. The summed E-state index contributed by atoms with van der Waals surface area (Å²) in [4.78, 5) is 23.7. The van der Waals surface area contributed by atoms with Gasteiger partial charge in [-0.25, -0.2) is 8.42 Å². The molecule has 0 atom stereocenters. The van der Waals surface area contributed by atoms with Crippen LogP contribution in [-0.4, -0.2) is 32.9 Å². The van der Waals surface area contributed by atoms with E-state index in [-0.39, 0.29) is 12.3 Å². The lowest BCUT2D eigenvalue weighted by Gasteiger charge is -2.22. The first-order chi connectivity index (χ1) is 12.1. The molecule has 6 nitrogen and oxygen atoms in total. The molecule has 0 aliphatic heterocycles. The molecule has 0 unspecified atom stereocenters. The predicted molar refractivity (Wildman–Crippen MR) is 103 cm³/mol. The van der Waals surface area contributed by atoms with E-state index < -0.39 is 15.9 Å². The lowest BCUT2D eigenvalue weighted by molar-refractivity contribution is -0.114. The SMILES string of the molecule is CC(=O)c1ccc(N(CC(=O)Nc2ccc(C)c(C)c2)S(C)(=O)=O)cc1. The van der Waals surface area contributed by atoms with E-state index in [9.17, 15) is 18.0 Å². The van der Waals surface area contributed by atoms with Gasteiger partial charge in [-0.15, -0.1) is 0 Å². The highest BCUT2D eigenvalue weighted by Gasteiger charge is 2.21. The molecule has 26 heavy (non-hydrogen) atoms. The van der Waals surface area contributed by atoms with Crippen molar-refractivity contribution in [2.75, 3.05) is 22.4 Å². The zero-order valence-corrected chi connectivity index (χ0v) is 16.1. The molecule has 0 aliphatic rings. The molecular formula is C19H22N2O4S. The number of Topliss-reactive ketones (excluding diaryl/α,β-unsaturated/α-hetero) is 1. The highest BCUT2D eigenvalue weighted by Crippen LogP contribution is 2.19. The number of benzene rings is 2. The van der Waals surface area contributed by atoms with Crippen molar-refractivity contribution in [3.63, 3.8) is 0 Å². The van der Waals surface area contributed by atoms with Gasteiger partial charge in [0.15, 0.2) is 5.78 Å². The van der Waals surface area contributed by atoms with Gasteiger partial charge < -0.3 is 5.32 Å². The lowest BCUT2D eigenvalue weighted by atomic mass is 10.1. The zero-order valence-electron chi connectivity index (χ0n) is 15.2. The molecule has 0 radical (unpaired) electrons. The van der Waals surface area contributed by atoms with Gasteiger partial charge in [-0.1, -0.05) is 6.07 Å². The molecule has 138 valence electrons. The summed E-state index contributed by atoms with van der Waals surface area (Å²) >= 11 is 0. The van der Waals surface area contributed by atoms with Crippen LogP contribution in [0.3, 0.4) is 0 Å². The maximum atomic E-state index is 12.3. The maximum absolute atomic E-state index is 12.3. The second-order valence-electron chi connectivity index (χ2n) is 6.22. The van der Waals surface area contributed by atoms with Crippen molar-refractivity contribution in [3.05, 3.63) is 59.2 Å². The molecule has 0 aromatic heterocycles. The van der Waals surface area contributed by atoms with Crippen LogP contribution in [0.2, 0.25) is 0 Å². The number of hydrogen-bond acceptors (Lipinski definition) is 4. The summed E-state index contributed by atoms with van der Waals surface area (Å²) in [5.41, 5.74) is 3.54. The van der Waals surface area contributed by atoms with Crippen molar-refractivity contribution in [3.8, 4) is 0 Å². The summed E-state index contributed by atoms with van der Waals surface area (Å²) in [5.74, 6) is -0.565. The van der Waals surface area contributed by atoms with Crippen molar-refractivity contribution in [1.29, 1.82) is 0 Å². The monoisotopic (exact) mass is 374 g/mol. The summed E-state index contributed by atoms with van der Waals surface area (Å²) in [6, 6.07) is 11.6. The van der Waals surface area contributed by atoms with Gasteiger partial charge in [0, 0.05) is 11.3 Å². The van der Waals surface area contributed by atoms with Crippen molar-refractivity contribution >= 4 is 33.1 Å². The Hall–Kier alpha value is -2.67. The van der Waals surface area contributed by atoms with Gasteiger partial charge in [-0.2, -0.15) is 0 Å². The molecule has 2 aromatic carbocycles. The smallest absolute Gasteiger partial charge is 0.245 e. The molecule has 0 spiro atoms. The number of sulfonamides is 1. The van der Waals surface area contributed by atoms with Crippen LogP contribution < -0.4 is 9.62 Å². The molecule has 0 bridgehead atoms. The molecule has 7 heteroatoms. The van der Waals surface area contributed by atoms with Gasteiger partial charge >= 0.3 is 0 Å². The Morgan fingerprint density at radius 3 is 2.12 bits per heavy atom. The first-order valence-corrected chi connectivity index (χ1v) is 9.88. The van der Waals surface area contributed by atoms with Crippen LogP contribution in [0.5, 0.6) is 0 Å². The van der Waals surface area contributed by atoms with Crippen molar-refractivity contribution in [2.24, 2.45) is 0 Å². The third kappa shape index (κ3) is 4.92. The second kappa shape index (κ2) is 7.70. The zero-order chi connectivity index (χ0) is 19.5. The minimum Gasteiger partial charge on any atom is -0.325 e. The average Bonchev–Trinajstić information content (AvgIpc) is 2.55. The fourth-order valence-electron chi connectivity index (χ4n) is 2.41. The van der Waals surface area contributed by atoms with Crippen molar-refractivity contribution in [1.82, 2.24) is 0 Å². The van der Waals surface area contributed by atoms with E-state index in [0.29, 0.717) is 16.9 Å². The van der Waals surface area contributed by atoms with Crippen LogP contribution in [0.1, 0.15) is 28.4 Å². The molecule has 0 aliphatic carbocycles. The number of carbonyl (C=O) groups excluding carboxylic acids is 2. The van der Waals surface area contributed by atoms with E-state index in [1.165, 1.54) is 31.2 Å². The number of rotatable bonds is 6. The number of nitrogens with zero attached hydrogens (tertiary/aromatic N) is 1. The van der Waals surface area contributed by atoms with E-state index in [1.54, 1.807) is 6.07 Å². The van der Waals surface area contributed by atoms with Gasteiger partial charge in [0.25, 0.3) is 0 Å². The Bertz CT molecular complexity index is 935. The highest BCUT2D eigenvalue weighted by molar-refractivity contribution is 7.92. The molecule has 0 saturated heterocycles. The molecular weight excluding hydrogens is 352 g/mol. The Labute approximate surface area is 153 Å². The summed E-state index contributed by atoms with van der Waals surface area (Å²) < 4.78 is 25.2. The van der Waals surface area contributed by atoms with Gasteiger partial charge in [0.1, 0.15) is 6.54 Å². The van der Waals surface area contributed by atoms with Crippen molar-refractivity contribution in [2.45, 2.75) is 20.8 Å². The standard InChI is InChI=1S/C19H22N2O4S/c1-13-5-8-17(11-14(13)2)20-19(23)12-21(26(4,24)25)18-9-6-16(7-10-18)15(3)22/h5-11H,12H2,1-4H3,(H,20,23). The predicted octanol–water partition coefficient (Wildman–Crippen LogP) is 2.91. The number of carbonyl (C=O) groups is 2. The average molecular weight is 374 g/mol. The van der Waals surface area contributed by atoms with E-state index >= 15 is 0 Å². The van der Waals surface area contributed by atoms with Gasteiger partial charge in [0.2, 0.25) is 15.9 Å². The minimum atomic E-state index is -3.67. The second-order valence-corrected chi connectivity index (χ2v) is 8.13. The molecule has 0 heterocycles. The van der Waals surface area contributed by atoms with Crippen LogP contribution >= 0.6 is 0 Å². The Morgan fingerprint density at radius 1 is 1.00 bits per heavy atom. The first-order valence-electron chi connectivity index (χ1n) is 8.04. The fourth-order valence-corrected chi connectivity index (χ4v) is 3.27. The Balaban J connectivity index is 2.21. The summed E-state index contributed by atoms with van der Waals surface area (Å²) in [6.45, 7) is 4.98. The number of ketones is 1. The van der Waals surface area contributed by atoms with Crippen LogP contribution in [0.25, 0.3) is 0 Å². The van der Waals surface area contributed by atoms with Crippen LogP contribution in [0, 0.1) is 13.8 Å². The molecule has 0 fully saturated rings. The number of hydrogen-bond donors (Lipinski definition) is 1. The lowest BCUT2D eigenvalue weighted by Crippen LogP contribution is -2.37. The molecule has 1 amide bonds. The normalized spacial score (nSPS) is 11.1. The van der Waals surface area contributed by atoms with E-state index in [0.717, 1.165) is 21.7 Å². The summed E-state index contributed by atoms with van der Waals surface area (Å²) in [5, 5.41) is 2.71. The molecule has 0 saturated carbocycles.